The van der Waals surface area contributed by atoms with Crippen molar-refractivity contribution in [3.8, 4) is 0 Å². The lowest BCUT2D eigenvalue weighted by atomic mass is 9.53. The summed E-state index contributed by atoms with van der Waals surface area (Å²) in [4.78, 5) is 12.6. The van der Waals surface area contributed by atoms with E-state index in [1.54, 1.807) is 6.92 Å². The van der Waals surface area contributed by atoms with Gasteiger partial charge >= 0.3 is 5.97 Å². The molecule has 4 fully saturated rings. The third-order valence-electron chi connectivity index (χ3n) is 11.0. The van der Waals surface area contributed by atoms with Crippen LogP contribution < -0.4 is 17.2 Å². The Hall–Kier alpha value is -1.17. The van der Waals surface area contributed by atoms with Gasteiger partial charge in [0.05, 0.1) is 43.9 Å². The summed E-state index contributed by atoms with van der Waals surface area (Å²) in [6, 6.07) is -4.23. The van der Waals surface area contributed by atoms with Gasteiger partial charge in [0.25, 0.3) is 0 Å². The zero-order chi connectivity index (χ0) is 35.2. The maximum Gasteiger partial charge on any atom is 0.307 e. The summed E-state index contributed by atoms with van der Waals surface area (Å²) in [5.74, 6) is -2.04. The van der Waals surface area contributed by atoms with Crippen molar-refractivity contribution in [2.24, 2.45) is 40.4 Å². The number of aliphatic carboxylic acids is 1. The molecule has 18 heteroatoms. The summed E-state index contributed by atoms with van der Waals surface area (Å²) in [5, 5.41) is 95.3. The Labute approximate surface area is 272 Å². The van der Waals surface area contributed by atoms with Crippen LogP contribution in [0.15, 0.2) is 0 Å². The van der Waals surface area contributed by atoms with Gasteiger partial charge in [-0.3, -0.25) is 4.79 Å². The highest BCUT2D eigenvalue weighted by molar-refractivity contribution is 5.71. The van der Waals surface area contributed by atoms with Crippen LogP contribution in [0.5, 0.6) is 0 Å². The fraction of sp³-hybridized carbons (Fsp3) is 0.966. The molecule has 0 aromatic carbocycles. The van der Waals surface area contributed by atoms with Crippen molar-refractivity contribution in [2.45, 2.75) is 131 Å². The first kappa shape index (κ1) is 38.6. The number of ether oxygens (including phenoxy) is 5. The quantitative estimate of drug-likeness (QED) is 0.102. The first-order chi connectivity index (χ1) is 22.0. The average molecular weight is 684 g/mol. The lowest BCUT2D eigenvalue weighted by molar-refractivity contribution is -0.378. The van der Waals surface area contributed by atoms with E-state index >= 15 is 0 Å². The molecule has 3 aliphatic heterocycles. The summed E-state index contributed by atoms with van der Waals surface area (Å²) in [6.45, 7) is 3.15. The number of carbonyl (C=O) groups is 1. The molecule has 4 aliphatic rings. The predicted molar refractivity (Wildman–Crippen MR) is 158 cm³/mol. The summed E-state index contributed by atoms with van der Waals surface area (Å²) >= 11 is 0. The SMILES string of the molecule is CC(C)C1CCC(C)([C@]2(CO)O[C@H](OC3[C@@H](CO)O[C@@H](OC4[C@@H](CO)O[C@@H](O)[C@H](N)[C@H]4O)[C@H](N)[C@H]3O)[C@H](N)[C@@H](O)[C@@H]2O)C(C(=O)O)C1. The van der Waals surface area contributed by atoms with E-state index in [-0.39, 0.29) is 24.7 Å². The molecular formula is C29H53N3O15. The van der Waals surface area contributed by atoms with Crippen LogP contribution in [0, 0.1) is 23.2 Å². The summed E-state index contributed by atoms with van der Waals surface area (Å²) in [6.07, 6.45) is -16.2. The first-order valence-electron chi connectivity index (χ1n) is 16.0. The molecule has 1 aliphatic carbocycles. The van der Waals surface area contributed by atoms with Crippen molar-refractivity contribution in [2.75, 3.05) is 19.8 Å². The van der Waals surface area contributed by atoms with Crippen LogP contribution in [0.3, 0.4) is 0 Å². The third kappa shape index (κ3) is 6.82. The van der Waals surface area contributed by atoms with Crippen molar-refractivity contribution in [1.82, 2.24) is 0 Å². The van der Waals surface area contributed by atoms with Crippen molar-refractivity contribution >= 4 is 5.97 Å². The monoisotopic (exact) mass is 683 g/mol. The molecule has 18 nitrogen and oxygen atoms in total. The highest BCUT2D eigenvalue weighted by atomic mass is 16.7. The number of carboxylic acids is 1. The molecule has 3 heterocycles. The second-order valence-corrected chi connectivity index (χ2v) is 13.9. The van der Waals surface area contributed by atoms with E-state index in [0.29, 0.717) is 6.42 Å². The number of nitrogens with two attached hydrogens (primary N) is 3. The molecule has 0 aromatic rings. The molecule has 4 rings (SSSR count). The molecule has 0 radical (unpaired) electrons. The third-order valence-corrected chi connectivity index (χ3v) is 11.0. The molecule has 0 spiro atoms. The summed E-state index contributed by atoms with van der Waals surface area (Å²) < 4.78 is 29.0. The van der Waals surface area contributed by atoms with Gasteiger partial charge in [-0.25, -0.2) is 0 Å². The van der Waals surface area contributed by atoms with Crippen LogP contribution in [0.4, 0.5) is 0 Å². The van der Waals surface area contributed by atoms with E-state index in [1.807, 2.05) is 13.8 Å². The van der Waals surface area contributed by atoms with Crippen molar-refractivity contribution < 1.29 is 74.4 Å². The second kappa shape index (κ2) is 15.0. The number of hydrogen-bond donors (Lipinski definition) is 12. The first-order valence-corrected chi connectivity index (χ1v) is 16.0. The maximum atomic E-state index is 12.6. The van der Waals surface area contributed by atoms with Crippen LogP contribution in [0.25, 0.3) is 0 Å². The largest absolute Gasteiger partial charge is 0.481 e. The smallest absolute Gasteiger partial charge is 0.307 e. The summed E-state index contributed by atoms with van der Waals surface area (Å²) in [5.41, 5.74) is 14.7. The molecular weight excluding hydrogens is 630 g/mol. The lowest BCUT2D eigenvalue weighted by Gasteiger charge is -2.60. The Kier molecular flexibility index (Phi) is 12.3. The number of hydrogen-bond acceptors (Lipinski definition) is 17. The summed E-state index contributed by atoms with van der Waals surface area (Å²) in [7, 11) is 0. The number of aliphatic hydroxyl groups is 8. The van der Waals surface area contributed by atoms with Gasteiger partial charge in [-0.05, 0) is 31.1 Å². The van der Waals surface area contributed by atoms with Gasteiger partial charge in [0.2, 0.25) is 0 Å². The van der Waals surface area contributed by atoms with E-state index in [2.05, 4.69) is 0 Å². The van der Waals surface area contributed by atoms with Crippen LogP contribution in [0.1, 0.15) is 40.0 Å². The highest BCUT2D eigenvalue weighted by Crippen LogP contribution is 2.56. The molecule has 274 valence electrons. The van der Waals surface area contributed by atoms with E-state index in [4.69, 9.17) is 40.9 Å². The predicted octanol–water partition coefficient (Wildman–Crippen LogP) is -5.14. The van der Waals surface area contributed by atoms with Crippen LogP contribution in [-0.2, 0) is 28.5 Å². The topological polar surface area (TPSA) is 323 Å². The highest BCUT2D eigenvalue weighted by Gasteiger charge is 2.66. The molecule has 47 heavy (non-hydrogen) atoms. The molecule has 0 amide bonds. The van der Waals surface area contributed by atoms with Gasteiger partial charge in [-0.1, -0.05) is 20.8 Å². The van der Waals surface area contributed by atoms with Crippen molar-refractivity contribution in [3.05, 3.63) is 0 Å². The van der Waals surface area contributed by atoms with E-state index in [9.17, 15) is 50.8 Å². The minimum atomic E-state index is -2.08. The minimum absolute atomic E-state index is 0.0473. The second-order valence-electron chi connectivity index (χ2n) is 13.9. The number of carboxylic acid groups (broad SMARTS) is 1. The standard InChI is InChI=1S/C29H53N3O15/c1-10(2)11-4-5-28(3,12(6-11)24(40)41)29(9-35)23(39)20(38)17(32)27(47-29)46-22-14(8-34)44-26(16(31)19(22)37)45-21-13(7-33)43-25(42)15(30)18(21)36/h10-23,25-27,33-39,42H,4-9,30-32H2,1-3H3,(H,40,41)/t11?,12?,13-,14-,15-,16-,17-,18-,19-,20-,21?,22?,23+,25-,26+,27+,28?,29-/m1/s1. The fourth-order valence-electron chi connectivity index (χ4n) is 7.69. The van der Waals surface area contributed by atoms with E-state index in [1.165, 1.54) is 0 Å². The van der Waals surface area contributed by atoms with Crippen LogP contribution in [-0.4, -0.2) is 163 Å². The Morgan fingerprint density at radius 1 is 0.851 bits per heavy atom. The van der Waals surface area contributed by atoms with Gasteiger partial charge in [0.1, 0.15) is 54.4 Å². The normalized spacial score (nSPS) is 51.2. The Morgan fingerprint density at radius 2 is 1.38 bits per heavy atom. The van der Waals surface area contributed by atoms with Gasteiger partial charge in [0.15, 0.2) is 18.9 Å². The fourth-order valence-corrected chi connectivity index (χ4v) is 7.69. The lowest BCUT2D eigenvalue weighted by Crippen LogP contribution is -2.76. The Balaban J connectivity index is 1.59. The molecule has 1 saturated carbocycles. The molecule has 0 aromatic heterocycles. The van der Waals surface area contributed by atoms with Crippen molar-refractivity contribution in [1.29, 1.82) is 0 Å². The zero-order valence-electron chi connectivity index (χ0n) is 26.8. The van der Waals surface area contributed by atoms with Crippen LogP contribution >= 0.6 is 0 Å². The Bertz CT molecular complexity index is 1060. The molecule has 0 bridgehead atoms. The van der Waals surface area contributed by atoms with Crippen molar-refractivity contribution in [3.63, 3.8) is 0 Å². The number of rotatable bonds is 10. The Morgan fingerprint density at radius 3 is 1.91 bits per heavy atom. The van der Waals surface area contributed by atoms with Gasteiger partial charge < -0.3 is 86.8 Å². The number of aliphatic hydroxyl groups excluding tert-OH is 8. The van der Waals surface area contributed by atoms with E-state index in [0.717, 1.165) is 0 Å². The van der Waals surface area contributed by atoms with Gasteiger partial charge in [0, 0.05) is 5.41 Å². The van der Waals surface area contributed by atoms with Gasteiger partial charge in [-0.15, -0.1) is 0 Å². The molecule has 18 atom stereocenters. The van der Waals surface area contributed by atoms with E-state index < -0.39 is 129 Å². The minimum Gasteiger partial charge on any atom is -0.481 e. The molecule has 5 unspecified atom stereocenters. The molecule has 15 N–H and O–H groups in total. The molecule has 3 saturated heterocycles. The maximum absolute atomic E-state index is 12.6. The average Bonchev–Trinajstić information content (AvgIpc) is 3.04. The zero-order valence-corrected chi connectivity index (χ0v) is 26.8. The van der Waals surface area contributed by atoms with Crippen LogP contribution in [0.2, 0.25) is 0 Å². The van der Waals surface area contributed by atoms with Gasteiger partial charge in [-0.2, -0.15) is 0 Å².